The first-order valence-corrected chi connectivity index (χ1v) is 11.0. The summed E-state index contributed by atoms with van der Waals surface area (Å²) >= 11 is 0. The average Bonchev–Trinajstić information content (AvgIpc) is 3.07. The van der Waals surface area contributed by atoms with Crippen LogP contribution in [0.2, 0.25) is 0 Å². The molecule has 10 nitrogen and oxygen atoms in total. The van der Waals surface area contributed by atoms with Crippen LogP contribution in [-0.2, 0) is 19.6 Å². The highest BCUT2D eigenvalue weighted by atomic mass is 32.2. The van der Waals surface area contributed by atoms with Crippen molar-refractivity contribution in [3.05, 3.63) is 54.0 Å². The molecule has 0 aliphatic rings. The summed E-state index contributed by atoms with van der Waals surface area (Å²) in [6.07, 6.45) is 0.471. The highest BCUT2D eigenvalue weighted by Crippen LogP contribution is 2.15. The molecule has 0 fully saturated rings. The van der Waals surface area contributed by atoms with Crippen molar-refractivity contribution in [1.29, 1.82) is 0 Å². The maximum Gasteiger partial charge on any atom is 0.340 e. The third-order valence-corrected chi connectivity index (χ3v) is 5.96. The van der Waals surface area contributed by atoms with Gasteiger partial charge in [0.15, 0.2) is 11.8 Å². The lowest BCUT2D eigenvalue weighted by Gasteiger charge is -2.14. The van der Waals surface area contributed by atoms with Crippen molar-refractivity contribution in [3.8, 4) is 0 Å². The second-order valence-electron chi connectivity index (χ2n) is 7.23. The van der Waals surface area contributed by atoms with E-state index in [1.54, 1.807) is 43.5 Å². The minimum atomic E-state index is -3.63. The quantitative estimate of drug-likeness (QED) is 0.531. The van der Waals surface area contributed by atoms with Crippen molar-refractivity contribution in [1.82, 2.24) is 19.3 Å². The van der Waals surface area contributed by atoms with Gasteiger partial charge in [-0.25, -0.2) is 17.9 Å². The van der Waals surface area contributed by atoms with Gasteiger partial charge in [0, 0.05) is 17.9 Å². The van der Waals surface area contributed by atoms with Crippen molar-refractivity contribution >= 4 is 33.2 Å². The van der Waals surface area contributed by atoms with Crippen LogP contribution >= 0.6 is 0 Å². The van der Waals surface area contributed by atoms with Crippen LogP contribution in [0.25, 0.3) is 5.65 Å². The molecule has 31 heavy (non-hydrogen) atoms. The number of esters is 1. The Balaban J connectivity index is 1.63. The highest BCUT2D eigenvalue weighted by molar-refractivity contribution is 7.89. The molecule has 0 saturated carbocycles. The number of sulfonamides is 1. The summed E-state index contributed by atoms with van der Waals surface area (Å²) in [5.74, 6) is -0.603. The van der Waals surface area contributed by atoms with Crippen LogP contribution in [0, 0.1) is 6.92 Å². The van der Waals surface area contributed by atoms with Gasteiger partial charge in [0.25, 0.3) is 5.91 Å². The summed E-state index contributed by atoms with van der Waals surface area (Å²) in [5.41, 5.74) is 1.22. The van der Waals surface area contributed by atoms with E-state index in [2.05, 4.69) is 20.2 Å². The van der Waals surface area contributed by atoms with E-state index in [-0.39, 0.29) is 16.5 Å². The molecule has 2 heterocycles. The molecule has 3 rings (SSSR count). The van der Waals surface area contributed by atoms with E-state index >= 15 is 0 Å². The van der Waals surface area contributed by atoms with Crippen LogP contribution in [0.4, 0.5) is 5.69 Å². The maximum atomic E-state index is 12.4. The van der Waals surface area contributed by atoms with Gasteiger partial charge in [-0.3, -0.25) is 9.20 Å². The molecule has 1 unspecified atom stereocenters. The minimum Gasteiger partial charge on any atom is -0.449 e. The molecule has 3 aromatic rings. The molecule has 1 amide bonds. The SMILES string of the molecule is Cc1nnc2ccc(C(=O)OC(C)C(=O)Nc3ccc(S(=O)(=O)NC(C)C)cc3)cn12. The summed E-state index contributed by atoms with van der Waals surface area (Å²) < 4.78 is 33.7. The number of benzene rings is 1. The van der Waals surface area contributed by atoms with Crippen molar-refractivity contribution in [3.63, 3.8) is 0 Å². The number of nitrogens with one attached hydrogen (secondary N) is 2. The fraction of sp³-hybridized carbons (Fsp3) is 0.300. The van der Waals surface area contributed by atoms with E-state index in [1.165, 1.54) is 31.2 Å². The first-order chi connectivity index (χ1) is 14.6. The number of rotatable bonds is 7. The van der Waals surface area contributed by atoms with Gasteiger partial charge >= 0.3 is 5.97 Å². The average molecular weight is 446 g/mol. The van der Waals surface area contributed by atoms with E-state index in [1.807, 2.05) is 0 Å². The summed E-state index contributed by atoms with van der Waals surface area (Å²) in [5, 5.41) is 10.5. The van der Waals surface area contributed by atoms with Crippen LogP contribution in [0.15, 0.2) is 47.5 Å². The molecule has 2 aromatic heterocycles. The van der Waals surface area contributed by atoms with E-state index in [0.29, 0.717) is 17.2 Å². The van der Waals surface area contributed by atoms with Crippen LogP contribution in [0.5, 0.6) is 0 Å². The third-order valence-electron chi connectivity index (χ3n) is 4.28. The molecule has 0 bridgehead atoms. The number of carbonyl (C=O) groups excluding carboxylic acids is 2. The molecule has 11 heteroatoms. The molecular weight excluding hydrogens is 422 g/mol. The number of aromatic nitrogens is 3. The van der Waals surface area contributed by atoms with Gasteiger partial charge in [-0.05, 0) is 64.1 Å². The zero-order valence-corrected chi connectivity index (χ0v) is 18.3. The Labute approximate surface area is 179 Å². The standard InChI is InChI=1S/C20H23N5O5S/c1-12(2)24-31(28,29)17-8-6-16(7-9-17)21-19(26)13(3)30-20(27)15-5-10-18-23-22-14(4)25(18)11-15/h5-13,24H,1-4H3,(H,21,26). The minimum absolute atomic E-state index is 0.0818. The maximum absolute atomic E-state index is 12.4. The third kappa shape index (κ3) is 5.25. The van der Waals surface area contributed by atoms with Gasteiger partial charge in [0.2, 0.25) is 10.0 Å². The van der Waals surface area contributed by atoms with Gasteiger partial charge in [-0.2, -0.15) is 0 Å². The van der Waals surface area contributed by atoms with Gasteiger partial charge in [0.1, 0.15) is 5.82 Å². The number of nitrogens with zero attached hydrogens (tertiary/aromatic N) is 3. The Bertz CT molecular complexity index is 1220. The summed E-state index contributed by atoms with van der Waals surface area (Å²) in [6.45, 7) is 6.64. The molecule has 0 spiro atoms. The first kappa shape index (κ1) is 22.4. The topological polar surface area (TPSA) is 132 Å². The second kappa shape index (κ2) is 8.82. The van der Waals surface area contributed by atoms with E-state index in [9.17, 15) is 18.0 Å². The molecule has 0 saturated heterocycles. The van der Waals surface area contributed by atoms with Crippen LogP contribution in [-0.4, -0.2) is 47.0 Å². The first-order valence-electron chi connectivity index (χ1n) is 9.52. The number of amides is 1. The number of ether oxygens (including phenoxy) is 1. The number of fused-ring (bicyclic) bond motifs is 1. The normalized spacial score (nSPS) is 12.7. The smallest absolute Gasteiger partial charge is 0.340 e. The summed E-state index contributed by atoms with van der Waals surface area (Å²) in [6, 6.07) is 8.62. The van der Waals surface area contributed by atoms with Gasteiger partial charge in [-0.15, -0.1) is 10.2 Å². The van der Waals surface area contributed by atoms with Crippen LogP contribution < -0.4 is 10.0 Å². The lowest BCUT2D eigenvalue weighted by molar-refractivity contribution is -0.123. The Morgan fingerprint density at radius 1 is 1.03 bits per heavy atom. The second-order valence-corrected chi connectivity index (χ2v) is 8.94. The van der Waals surface area contributed by atoms with E-state index in [4.69, 9.17) is 4.74 Å². The zero-order chi connectivity index (χ0) is 22.8. The molecule has 0 aliphatic heterocycles. The molecule has 0 radical (unpaired) electrons. The predicted octanol–water partition coefficient (Wildman–Crippen LogP) is 1.91. The molecule has 164 valence electrons. The van der Waals surface area contributed by atoms with Crippen molar-refractivity contribution in [2.75, 3.05) is 5.32 Å². The van der Waals surface area contributed by atoms with Gasteiger partial charge in [-0.1, -0.05) is 0 Å². The van der Waals surface area contributed by atoms with Crippen molar-refractivity contribution in [2.45, 2.75) is 44.7 Å². The molecule has 1 aromatic carbocycles. The number of hydrogen-bond acceptors (Lipinski definition) is 7. The van der Waals surface area contributed by atoms with Gasteiger partial charge < -0.3 is 10.1 Å². The van der Waals surface area contributed by atoms with E-state index in [0.717, 1.165) is 0 Å². The van der Waals surface area contributed by atoms with E-state index < -0.39 is 28.0 Å². The number of carbonyl (C=O) groups is 2. The fourth-order valence-corrected chi connectivity index (χ4v) is 4.00. The highest BCUT2D eigenvalue weighted by Gasteiger charge is 2.20. The van der Waals surface area contributed by atoms with Crippen LogP contribution in [0.3, 0.4) is 0 Å². The monoisotopic (exact) mass is 445 g/mol. The molecule has 0 aliphatic carbocycles. The lowest BCUT2D eigenvalue weighted by atomic mass is 10.2. The van der Waals surface area contributed by atoms with Crippen molar-refractivity contribution in [2.24, 2.45) is 0 Å². The molecular formula is C20H23N5O5S. The Morgan fingerprint density at radius 2 is 1.71 bits per heavy atom. The molecule has 1 atom stereocenters. The zero-order valence-electron chi connectivity index (χ0n) is 17.5. The number of anilines is 1. The summed E-state index contributed by atoms with van der Waals surface area (Å²) in [4.78, 5) is 24.9. The number of aryl methyl sites for hydroxylation is 1. The predicted molar refractivity (Wildman–Crippen MR) is 113 cm³/mol. The lowest BCUT2D eigenvalue weighted by Crippen LogP contribution is -2.30. The number of pyridine rings is 1. The van der Waals surface area contributed by atoms with Crippen molar-refractivity contribution < 1.29 is 22.7 Å². The number of hydrogen-bond donors (Lipinski definition) is 2. The molecule has 2 N–H and O–H groups in total. The fourth-order valence-electron chi connectivity index (χ4n) is 2.75. The Kier molecular flexibility index (Phi) is 6.37. The Hall–Kier alpha value is -3.31. The Morgan fingerprint density at radius 3 is 2.35 bits per heavy atom. The summed E-state index contributed by atoms with van der Waals surface area (Å²) in [7, 11) is -3.63. The van der Waals surface area contributed by atoms with Crippen LogP contribution in [0.1, 0.15) is 37.0 Å². The van der Waals surface area contributed by atoms with Gasteiger partial charge in [0.05, 0.1) is 10.5 Å². The largest absolute Gasteiger partial charge is 0.449 e.